The smallest absolute Gasteiger partial charge is 0.273 e. The Morgan fingerprint density at radius 1 is 1.13 bits per heavy atom. The lowest BCUT2D eigenvalue weighted by molar-refractivity contribution is 0.101. The number of amides is 1. The van der Waals surface area contributed by atoms with Gasteiger partial charge in [0.1, 0.15) is 22.0 Å². The molecule has 0 saturated heterocycles. The second-order valence-corrected chi connectivity index (χ2v) is 8.97. The zero-order valence-corrected chi connectivity index (χ0v) is 18.3. The zero-order valence-electron chi connectivity index (χ0n) is 17.5. The number of hydrogen-bond acceptors (Lipinski definition) is 5. The molecule has 0 aliphatic heterocycles. The highest BCUT2D eigenvalue weighted by molar-refractivity contribution is 7.92. The number of ether oxygens (including phenoxy) is 1. The van der Waals surface area contributed by atoms with E-state index < -0.39 is 21.6 Å². The van der Waals surface area contributed by atoms with Crippen molar-refractivity contribution in [2.75, 3.05) is 17.1 Å². The van der Waals surface area contributed by atoms with Gasteiger partial charge in [0.2, 0.25) is 0 Å². The summed E-state index contributed by atoms with van der Waals surface area (Å²) in [6.45, 7) is 2.78. The molecule has 0 saturated carbocycles. The third-order valence-corrected chi connectivity index (χ3v) is 5.99. The molecule has 31 heavy (non-hydrogen) atoms. The van der Waals surface area contributed by atoms with E-state index in [4.69, 9.17) is 4.74 Å². The first-order valence-corrected chi connectivity index (χ1v) is 10.8. The van der Waals surface area contributed by atoms with Crippen LogP contribution < -0.4 is 14.8 Å². The van der Waals surface area contributed by atoms with Crippen LogP contribution in [-0.4, -0.2) is 31.2 Å². The van der Waals surface area contributed by atoms with Gasteiger partial charge in [-0.15, -0.1) is 0 Å². The Bertz CT molecular complexity index is 1220. The quantitative estimate of drug-likeness (QED) is 0.576. The van der Waals surface area contributed by atoms with E-state index in [0.29, 0.717) is 16.9 Å². The average molecular weight is 447 g/mol. The zero-order chi connectivity index (χ0) is 22.8. The first-order valence-electron chi connectivity index (χ1n) is 9.31. The topological polar surface area (TPSA) is 102 Å². The summed E-state index contributed by atoms with van der Waals surface area (Å²) in [5, 5.41) is 6.62. The maximum absolute atomic E-state index is 14.2. The summed E-state index contributed by atoms with van der Waals surface area (Å²) in [6, 6.07) is 11.9. The van der Waals surface area contributed by atoms with Crippen molar-refractivity contribution in [3.8, 4) is 5.75 Å². The summed E-state index contributed by atoms with van der Waals surface area (Å²) in [4.78, 5) is 12.2. The largest absolute Gasteiger partial charge is 0.495 e. The molecular weight excluding hydrogens is 423 g/mol. The highest BCUT2D eigenvalue weighted by Gasteiger charge is 2.23. The number of rotatable bonds is 7. The fraction of sp³-hybridized carbons (Fsp3) is 0.238. The maximum atomic E-state index is 14.2. The normalized spacial score (nSPS) is 11.8. The number of aryl methyl sites for hydroxylation is 1. The minimum atomic E-state index is -4.04. The minimum Gasteiger partial charge on any atom is -0.495 e. The van der Waals surface area contributed by atoms with Crippen LogP contribution in [0.3, 0.4) is 0 Å². The molecule has 10 heteroatoms. The van der Waals surface area contributed by atoms with Gasteiger partial charge in [0.15, 0.2) is 0 Å². The average Bonchev–Trinajstić information content (AvgIpc) is 3.13. The number of carbonyl (C=O) groups is 1. The van der Waals surface area contributed by atoms with Crippen LogP contribution in [0, 0.1) is 0 Å². The van der Waals surface area contributed by atoms with E-state index in [9.17, 15) is 17.6 Å². The number of alkyl halides is 1. The van der Waals surface area contributed by atoms with Crippen LogP contribution in [0.5, 0.6) is 5.75 Å². The summed E-state index contributed by atoms with van der Waals surface area (Å²) in [7, 11) is -1.08. The number of carbonyl (C=O) groups excluding carboxylic acids is 1. The molecule has 0 aliphatic carbocycles. The van der Waals surface area contributed by atoms with Gasteiger partial charge in [-0.2, -0.15) is 5.10 Å². The number of benzene rings is 2. The standard InChI is InChI=1S/C21H23FN4O4S/c1-21(2,22)14-6-5-7-16(12-14)25-31(28,29)19-9-8-15(13-18(19)30-4)24-20(27)17-10-11-23-26(17)3/h5-13,25H,1-4H3,(H,24,27). The molecule has 2 aromatic carbocycles. The van der Waals surface area contributed by atoms with Crippen LogP contribution in [0.2, 0.25) is 0 Å². The van der Waals surface area contributed by atoms with Gasteiger partial charge < -0.3 is 10.1 Å². The maximum Gasteiger partial charge on any atom is 0.273 e. The molecule has 1 heterocycles. The Labute approximate surface area is 180 Å². The molecular formula is C21H23FN4O4S. The van der Waals surface area contributed by atoms with Crippen molar-refractivity contribution < 1.29 is 22.3 Å². The molecule has 2 N–H and O–H groups in total. The van der Waals surface area contributed by atoms with Crippen molar-refractivity contribution in [1.82, 2.24) is 9.78 Å². The molecule has 164 valence electrons. The number of halogens is 1. The van der Waals surface area contributed by atoms with Gasteiger partial charge >= 0.3 is 0 Å². The number of aromatic nitrogens is 2. The molecule has 8 nitrogen and oxygen atoms in total. The Kier molecular flexibility index (Phi) is 6.03. The molecule has 0 aliphatic rings. The van der Waals surface area contributed by atoms with E-state index in [2.05, 4.69) is 15.1 Å². The number of sulfonamides is 1. The molecule has 0 fully saturated rings. The Morgan fingerprint density at radius 2 is 1.87 bits per heavy atom. The fourth-order valence-corrected chi connectivity index (χ4v) is 4.12. The summed E-state index contributed by atoms with van der Waals surface area (Å²) < 4.78 is 49.2. The van der Waals surface area contributed by atoms with Crippen molar-refractivity contribution in [2.45, 2.75) is 24.4 Å². The van der Waals surface area contributed by atoms with E-state index in [1.165, 1.54) is 62.2 Å². The number of hydrogen-bond donors (Lipinski definition) is 2. The van der Waals surface area contributed by atoms with E-state index in [1.54, 1.807) is 25.2 Å². The first-order chi connectivity index (χ1) is 14.5. The van der Waals surface area contributed by atoms with Gasteiger partial charge in [-0.05, 0) is 49.7 Å². The molecule has 0 bridgehead atoms. The predicted molar refractivity (Wildman–Crippen MR) is 116 cm³/mol. The van der Waals surface area contributed by atoms with Crippen molar-refractivity contribution in [3.05, 3.63) is 66.0 Å². The minimum absolute atomic E-state index is 0.0392. The van der Waals surface area contributed by atoms with Gasteiger partial charge in [-0.3, -0.25) is 14.2 Å². The molecule has 1 aromatic heterocycles. The second-order valence-electron chi connectivity index (χ2n) is 7.32. The molecule has 0 spiro atoms. The molecule has 0 unspecified atom stereocenters. The molecule has 0 atom stereocenters. The Balaban J connectivity index is 1.86. The monoisotopic (exact) mass is 446 g/mol. The molecule has 3 aromatic rings. The summed E-state index contributed by atoms with van der Waals surface area (Å²) >= 11 is 0. The van der Waals surface area contributed by atoms with Crippen molar-refractivity contribution in [3.63, 3.8) is 0 Å². The van der Waals surface area contributed by atoms with Crippen molar-refractivity contribution in [1.29, 1.82) is 0 Å². The van der Waals surface area contributed by atoms with E-state index in [-0.39, 0.29) is 16.3 Å². The van der Waals surface area contributed by atoms with Crippen LogP contribution in [0.25, 0.3) is 0 Å². The van der Waals surface area contributed by atoms with Crippen molar-refractivity contribution >= 4 is 27.3 Å². The van der Waals surface area contributed by atoms with Crippen LogP contribution in [-0.2, 0) is 22.7 Å². The van der Waals surface area contributed by atoms with Crippen molar-refractivity contribution in [2.24, 2.45) is 7.05 Å². The second kappa shape index (κ2) is 8.38. The molecule has 1 amide bonds. The van der Waals surface area contributed by atoms with Gasteiger partial charge in [0, 0.05) is 30.7 Å². The van der Waals surface area contributed by atoms with E-state index in [0.717, 1.165) is 0 Å². The third kappa shape index (κ3) is 5.02. The molecule has 3 rings (SSSR count). The van der Waals surface area contributed by atoms with Gasteiger partial charge in [-0.1, -0.05) is 12.1 Å². The fourth-order valence-electron chi connectivity index (χ4n) is 2.92. The SMILES string of the molecule is COc1cc(NC(=O)c2ccnn2C)ccc1S(=O)(=O)Nc1cccc(C(C)(C)F)c1. The number of anilines is 2. The van der Waals surface area contributed by atoms with Gasteiger partial charge in [-0.25, -0.2) is 12.8 Å². The number of nitrogens with zero attached hydrogens (tertiary/aromatic N) is 2. The lowest BCUT2D eigenvalue weighted by Gasteiger charge is -2.17. The predicted octanol–water partition coefficient (Wildman–Crippen LogP) is 3.69. The summed E-state index contributed by atoms with van der Waals surface area (Å²) in [6.07, 6.45) is 1.50. The lowest BCUT2D eigenvalue weighted by Crippen LogP contribution is -2.17. The Hall–Kier alpha value is -3.40. The first kappa shape index (κ1) is 22.3. The lowest BCUT2D eigenvalue weighted by atomic mass is 10.00. The highest BCUT2D eigenvalue weighted by atomic mass is 32.2. The van der Waals surface area contributed by atoms with E-state index in [1.807, 2.05) is 0 Å². The highest BCUT2D eigenvalue weighted by Crippen LogP contribution is 2.31. The molecule has 0 radical (unpaired) electrons. The van der Waals surface area contributed by atoms with Gasteiger partial charge in [0.25, 0.3) is 15.9 Å². The van der Waals surface area contributed by atoms with Crippen LogP contribution in [0.15, 0.2) is 59.6 Å². The van der Waals surface area contributed by atoms with Crippen LogP contribution in [0.1, 0.15) is 29.9 Å². The third-order valence-electron chi connectivity index (χ3n) is 4.57. The summed E-state index contributed by atoms with van der Waals surface area (Å²) in [5.41, 5.74) is -0.365. The van der Waals surface area contributed by atoms with Gasteiger partial charge in [0.05, 0.1) is 7.11 Å². The number of nitrogens with one attached hydrogen (secondary N) is 2. The van der Waals surface area contributed by atoms with Crippen LogP contribution >= 0.6 is 0 Å². The Morgan fingerprint density at radius 3 is 2.48 bits per heavy atom. The van der Waals surface area contributed by atoms with E-state index >= 15 is 0 Å². The van der Waals surface area contributed by atoms with Crippen LogP contribution in [0.4, 0.5) is 15.8 Å². The summed E-state index contributed by atoms with van der Waals surface area (Å²) in [5.74, 6) is -0.362. The number of methoxy groups -OCH3 is 1.